The first-order valence-corrected chi connectivity index (χ1v) is 13.2. The van der Waals surface area contributed by atoms with Crippen molar-refractivity contribution >= 4 is 11.7 Å². The van der Waals surface area contributed by atoms with Gasteiger partial charge in [0.25, 0.3) is 0 Å². The van der Waals surface area contributed by atoms with E-state index < -0.39 is 5.97 Å². The highest BCUT2D eigenvalue weighted by atomic mass is 16.5. The Morgan fingerprint density at radius 2 is 1.17 bits per heavy atom. The first-order chi connectivity index (χ1) is 17.7. The van der Waals surface area contributed by atoms with Gasteiger partial charge >= 0.3 is 5.97 Å². The number of nitrogens with zero attached hydrogens (tertiary/aromatic N) is 1. The van der Waals surface area contributed by atoms with Crippen molar-refractivity contribution in [3.05, 3.63) is 89.8 Å². The van der Waals surface area contributed by atoms with Gasteiger partial charge in [0.15, 0.2) is 5.69 Å². The van der Waals surface area contributed by atoms with E-state index in [0.29, 0.717) is 17.0 Å². The normalized spacial score (nSPS) is 10.6. The van der Waals surface area contributed by atoms with Gasteiger partial charge in [0.1, 0.15) is 11.5 Å². The van der Waals surface area contributed by atoms with Gasteiger partial charge in [0, 0.05) is 0 Å². The van der Waals surface area contributed by atoms with E-state index in [1.165, 1.54) is 57.8 Å². The van der Waals surface area contributed by atoms with Crippen molar-refractivity contribution in [3.8, 4) is 22.6 Å². The number of hydrogen-bond donors (Lipinski definition) is 0. The molecule has 0 N–H and O–H groups in total. The summed E-state index contributed by atoms with van der Waals surface area (Å²) in [6.45, 7) is 10.0. The number of unbranched alkanes of at least 4 members (excludes halogenated alkanes) is 9. The molecular weight excluding hydrogens is 446 g/mol. The zero-order valence-corrected chi connectivity index (χ0v) is 21.4. The molecule has 36 heavy (non-hydrogen) atoms. The summed E-state index contributed by atoms with van der Waals surface area (Å²) in [5.74, 6) is 0.933. The molecule has 0 atom stereocenters. The summed E-state index contributed by atoms with van der Waals surface area (Å²) in [7, 11) is 0. The fourth-order valence-electron chi connectivity index (χ4n) is 4.08. The van der Waals surface area contributed by atoms with E-state index in [1.54, 1.807) is 36.4 Å². The maximum atomic E-state index is 12.3. The summed E-state index contributed by atoms with van der Waals surface area (Å²) in [5, 5.41) is 0. The van der Waals surface area contributed by atoms with Crippen LogP contribution in [0.4, 0.5) is 5.69 Å². The highest BCUT2D eigenvalue weighted by Gasteiger charge is 2.09. The van der Waals surface area contributed by atoms with Gasteiger partial charge in [-0.15, -0.1) is 0 Å². The predicted molar refractivity (Wildman–Crippen MR) is 147 cm³/mol. The van der Waals surface area contributed by atoms with Crippen LogP contribution in [0.3, 0.4) is 0 Å². The lowest BCUT2D eigenvalue weighted by Crippen LogP contribution is -2.07. The van der Waals surface area contributed by atoms with E-state index in [4.69, 9.17) is 16.0 Å². The van der Waals surface area contributed by atoms with Crippen LogP contribution in [0.15, 0.2) is 72.8 Å². The standard InChI is InChI=1S/C32H37NO3/c1-3-4-5-6-7-8-9-10-11-12-25-35-30-21-15-26(16-22-30)27-17-23-31(24-18-27)36-32(34)28-13-19-29(33-2)20-14-28/h13-24H,3-12,25H2,1H3. The maximum Gasteiger partial charge on any atom is 0.343 e. The summed E-state index contributed by atoms with van der Waals surface area (Å²) in [5.41, 5.74) is 3.03. The Kier molecular flexibility index (Phi) is 11.6. The van der Waals surface area contributed by atoms with E-state index in [9.17, 15) is 4.79 Å². The molecule has 0 unspecified atom stereocenters. The molecule has 0 saturated carbocycles. The fraction of sp³-hybridized carbons (Fsp3) is 0.375. The molecule has 0 fully saturated rings. The minimum Gasteiger partial charge on any atom is -0.494 e. The molecule has 0 amide bonds. The second-order valence-electron chi connectivity index (χ2n) is 9.13. The Morgan fingerprint density at radius 1 is 0.667 bits per heavy atom. The SMILES string of the molecule is [C-]#[N+]c1ccc(C(=O)Oc2ccc(-c3ccc(OCCCCCCCCCCCC)cc3)cc2)cc1. The van der Waals surface area contributed by atoms with E-state index in [0.717, 1.165) is 29.9 Å². The van der Waals surface area contributed by atoms with Gasteiger partial charge in [-0.1, -0.05) is 113 Å². The quantitative estimate of drug-likeness (QED) is 0.0935. The van der Waals surface area contributed by atoms with Gasteiger partial charge < -0.3 is 9.47 Å². The molecular formula is C32H37NO3. The summed E-state index contributed by atoms with van der Waals surface area (Å²) in [6.07, 6.45) is 13.2. The lowest BCUT2D eigenvalue weighted by atomic mass is 10.1. The lowest BCUT2D eigenvalue weighted by Gasteiger charge is -2.09. The number of carbonyl (C=O) groups is 1. The number of ether oxygens (including phenoxy) is 2. The number of esters is 1. The zero-order chi connectivity index (χ0) is 25.4. The average molecular weight is 484 g/mol. The minimum absolute atomic E-state index is 0.417. The molecule has 0 aliphatic rings. The second-order valence-corrected chi connectivity index (χ2v) is 9.13. The molecule has 3 aromatic carbocycles. The largest absolute Gasteiger partial charge is 0.494 e. The summed E-state index contributed by atoms with van der Waals surface area (Å²) in [6, 6.07) is 22.0. The van der Waals surface area contributed by atoms with Crippen LogP contribution in [0.1, 0.15) is 81.5 Å². The summed E-state index contributed by atoms with van der Waals surface area (Å²) >= 11 is 0. The number of carbonyl (C=O) groups excluding carboxylic acids is 1. The second kappa shape index (κ2) is 15.4. The minimum atomic E-state index is -0.441. The molecule has 0 saturated heterocycles. The van der Waals surface area contributed by atoms with Gasteiger partial charge in [-0.05, 0) is 41.8 Å². The molecule has 0 radical (unpaired) electrons. The Morgan fingerprint density at radius 3 is 1.69 bits per heavy atom. The van der Waals surface area contributed by atoms with Crippen molar-refractivity contribution < 1.29 is 14.3 Å². The summed E-state index contributed by atoms with van der Waals surface area (Å²) in [4.78, 5) is 15.6. The molecule has 0 aliphatic heterocycles. The highest BCUT2D eigenvalue weighted by molar-refractivity contribution is 5.91. The van der Waals surface area contributed by atoms with Crippen molar-refractivity contribution in [2.24, 2.45) is 0 Å². The fourth-order valence-corrected chi connectivity index (χ4v) is 4.08. The zero-order valence-electron chi connectivity index (χ0n) is 21.4. The van der Waals surface area contributed by atoms with Gasteiger partial charge in [0.05, 0.1) is 18.7 Å². The van der Waals surface area contributed by atoms with Crippen LogP contribution in [-0.4, -0.2) is 12.6 Å². The monoisotopic (exact) mass is 483 g/mol. The molecule has 188 valence electrons. The van der Waals surface area contributed by atoms with Gasteiger partial charge in [0.2, 0.25) is 0 Å². The van der Waals surface area contributed by atoms with Crippen molar-refractivity contribution in [1.82, 2.24) is 0 Å². The molecule has 4 nitrogen and oxygen atoms in total. The number of hydrogen-bond acceptors (Lipinski definition) is 3. The van der Waals surface area contributed by atoms with Crippen molar-refractivity contribution in [2.45, 2.75) is 71.1 Å². The van der Waals surface area contributed by atoms with Crippen molar-refractivity contribution in [1.29, 1.82) is 0 Å². The van der Waals surface area contributed by atoms with E-state index in [1.807, 2.05) is 36.4 Å². The smallest absolute Gasteiger partial charge is 0.343 e. The third-order valence-corrected chi connectivity index (χ3v) is 6.25. The Bertz CT molecular complexity index is 1080. The van der Waals surface area contributed by atoms with Crippen molar-refractivity contribution in [2.75, 3.05) is 6.61 Å². The maximum absolute atomic E-state index is 12.3. The number of rotatable bonds is 15. The Labute approximate surface area is 216 Å². The molecule has 0 bridgehead atoms. The van der Waals surface area contributed by atoms with Crippen LogP contribution in [0.25, 0.3) is 16.0 Å². The van der Waals surface area contributed by atoms with Gasteiger partial charge in [-0.3, -0.25) is 0 Å². The first kappa shape index (κ1) is 27.0. The topological polar surface area (TPSA) is 39.9 Å². The van der Waals surface area contributed by atoms with Gasteiger partial charge in [-0.25, -0.2) is 9.64 Å². The van der Waals surface area contributed by atoms with Crippen LogP contribution in [0.5, 0.6) is 11.5 Å². The molecule has 0 spiro atoms. The van der Waals surface area contributed by atoms with Crippen LogP contribution < -0.4 is 9.47 Å². The lowest BCUT2D eigenvalue weighted by molar-refractivity contribution is 0.0735. The van der Waals surface area contributed by atoms with Crippen LogP contribution >= 0.6 is 0 Å². The average Bonchev–Trinajstić information content (AvgIpc) is 2.92. The van der Waals surface area contributed by atoms with E-state index in [-0.39, 0.29) is 0 Å². The molecule has 3 aromatic rings. The molecule has 3 rings (SSSR count). The summed E-state index contributed by atoms with van der Waals surface area (Å²) < 4.78 is 11.4. The van der Waals surface area contributed by atoms with E-state index >= 15 is 0 Å². The first-order valence-electron chi connectivity index (χ1n) is 13.2. The van der Waals surface area contributed by atoms with Crippen LogP contribution in [-0.2, 0) is 0 Å². The van der Waals surface area contributed by atoms with Gasteiger partial charge in [-0.2, -0.15) is 0 Å². The molecule has 0 heterocycles. The Balaban J connectivity index is 1.36. The number of benzene rings is 3. The molecule has 0 aromatic heterocycles. The van der Waals surface area contributed by atoms with Crippen LogP contribution in [0, 0.1) is 6.57 Å². The van der Waals surface area contributed by atoms with Crippen molar-refractivity contribution in [3.63, 3.8) is 0 Å². The predicted octanol–water partition coefficient (Wildman–Crippen LogP) is 9.42. The highest BCUT2D eigenvalue weighted by Crippen LogP contribution is 2.25. The third kappa shape index (κ3) is 9.23. The third-order valence-electron chi connectivity index (χ3n) is 6.25. The Hall–Kier alpha value is -3.58. The van der Waals surface area contributed by atoms with Crippen LogP contribution in [0.2, 0.25) is 0 Å². The van der Waals surface area contributed by atoms with E-state index in [2.05, 4.69) is 11.8 Å². The molecule has 0 aliphatic carbocycles. The molecule has 4 heteroatoms.